The van der Waals surface area contributed by atoms with E-state index in [1.165, 1.54) is 25.3 Å². The Morgan fingerprint density at radius 1 is 0.841 bits per heavy atom. The van der Waals surface area contributed by atoms with E-state index in [0.29, 0.717) is 61.5 Å². The quantitative estimate of drug-likeness (QED) is 0.196. The van der Waals surface area contributed by atoms with Crippen LogP contribution in [0.2, 0.25) is 0 Å². The van der Waals surface area contributed by atoms with Gasteiger partial charge in [-0.25, -0.2) is 13.2 Å². The first-order chi connectivity index (χ1) is 21.2. The third-order valence-corrected chi connectivity index (χ3v) is 9.99. The maximum Gasteiger partial charge on any atom is 0.400 e. The molecule has 3 fully saturated rings. The Balaban J connectivity index is 1.08. The van der Waals surface area contributed by atoms with Gasteiger partial charge in [0, 0.05) is 23.6 Å². The minimum Gasteiger partial charge on any atom is -0.432 e. The van der Waals surface area contributed by atoms with Crippen LogP contribution in [0.3, 0.4) is 0 Å². The van der Waals surface area contributed by atoms with Crippen molar-refractivity contribution in [2.75, 3.05) is 13.2 Å². The Hall–Kier alpha value is -2.70. The Morgan fingerprint density at radius 3 is 2.02 bits per heavy atom. The molecule has 240 valence electrons. The molecule has 0 radical (unpaired) electrons. The smallest absolute Gasteiger partial charge is 0.400 e. The SMILES string of the molecule is CCCCCC1COC(c2ccc(C3CCC(C4CCC(C(F)(F)Oc5cc(F)c(C#N)c(F)c5)CC4)CC3)c(F)c2)OC1. The van der Waals surface area contributed by atoms with Crippen LogP contribution < -0.4 is 4.74 Å². The van der Waals surface area contributed by atoms with Gasteiger partial charge in [0.1, 0.15) is 34.8 Å². The number of hydrogen-bond donors (Lipinski definition) is 0. The van der Waals surface area contributed by atoms with E-state index in [-0.39, 0.29) is 24.6 Å². The zero-order chi connectivity index (χ0) is 31.3. The minimum absolute atomic E-state index is 0.124. The molecule has 0 spiro atoms. The van der Waals surface area contributed by atoms with E-state index in [2.05, 4.69) is 6.92 Å². The normalized spacial score (nSPS) is 27.9. The zero-order valence-electron chi connectivity index (χ0n) is 25.3. The number of rotatable bonds is 10. The molecule has 1 saturated heterocycles. The van der Waals surface area contributed by atoms with Gasteiger partial charge in [0.05, 0.1) is 19.1 Å². The molecule has 3 aliphatic rings. The number of benzene rings is 2. The molecule has 0 aromatic heterocycles. The molecular weight excluding hydrogens is 577 g/mol. The van der Waals surface area contributed by atoms with Crippen molar-refractivity contribution < 1.29 is 36.2 Å². The molecule has 0 atom stereocenters. The van der Waals surface area contributed by atoms with Crippen molar-refractivity contribution in [3.05, 3.63) is 64.5 Å². The first-order valence-corrected chi connectivity index (χ1v) is 16.2. The van der Waals surface area contributed by atoms with Gasteiger partial charge in [-0.05, 0) is 87.2 Å². The second-order valence-electron chi connectivity index (χ2n) is 12.9. The number of alkyl halides is 2. The van der Waals surface area contributed by atoms with Crippen LogP contribution in [0.5, 0.6) is 5.75 Å². The topological polar surface area (TPSA) is 51.5 Å². The van der Waals surface area contributed by atoms with E-state index in [4.69, 9.17) is 19.5 Å². The summed E-state index contributed by atoms with van der Waals surface area (Å²) in [6, 6.07) is 7.95. The Bertz CT molecular complexity index is 1270. The number of unbranched alkanes of at least 4 members (excludes halogenated alkanes) is 2. The Labute approximate surface area is 256 Å². The van der Waals surface area contributed by atoms with Crippen molar-refractivity contribution >= 4 is 0 Å². The van der Waals surface area contributed by atoms with Gasteiger partial charge in [-0.2, -0.15) is 14.0 Å². The van der Waals surface area contributed by atoms with Crippen molar-refractivity contribution in [3.8, 4) is 11.8 Å². The van der Waals surface area contributed by atoms with E-state index in [9.17, 15) is 17.6 Å². The lowest BCUT2D eigenvalue weighted by Gasteiger charge is -2.39. The van der Waals surface area contributed by atoms with Gasteiger partial charge in [-0.15, -0.1) is 0 Å². The van der Waals surface area contributed by atoms with Gasteiger partial charge in [0.2, 0.25) is 0 Å². The van der Waals surface area contributed by atoms with Gasteiger partial charge in [0.15, 0.2) is 6.29 Å². The zero-order valence-corrected chi connectivity index (χ0v) is 25.3. The molecule has 44 heavy (non-hydrogen) atoms. The molecule has 0 unspecified atom stereocenters. The van der Waals surface area contributed by atoms with Crippen LogP contribution in [-0.2, 0) is 9.47 Å². The molecular formula is C35H42F5NO3. The first-order valence-electron chi connectivity index (χ1n) is 16.2. The van der Waals surface area contributed by atoms with Crippen molar-refractivity contribution in [1.82, 2.24) is 0 Å². The van der Waals surface area contributed by atoms with E-state index < -0.39 is 41.3 Å². The van der Waals surface area contributed by atoms with Crippen molar-refractivity contribution in [2.45, 2.75) is 102 Å². The Kier molecular flexibility index (Phi) is 10.8. The predicted molar refractivity (Wildman–Crippen MR) is 155 cm³/mol. The molecule has 4 nitrogen and oxygen atoms in total. The highest BCUT2D eigenvalue weighted by Gasteiger charge is 2.45. The van der Waals surface area contributed by atoms with E-state index in [1.54, 1.807) is 6.07 Å². The molecule has 0 N–H and O–H groups in total. The highest BCUT2D eigenvalue weighted by Crippen LogP contribution is 2.47. The number of nitriles is 1. The van der Waals surface area contributed by atoms with E-state index in [0.717, 1.165) is 37.7 Å². The van der Waals surface area contributed by atoms with Crippen LogP contribution in [-0.4, -0.2) is 19.3 Å². The lowest BCUT2D eigenvalue weighted by atomic mass is 9.68. The molecule has 2 aliphatic carbocycles. The summed E-state index contributed by atoms with van der Waals surface area (Å²) in [5.41, 5.74) is 0.598. The van der Waals surface area contributed by atoms with Crippen LogP contribution in [0.25, 0.3) is 0 Å². The predicted octanol–water partition coefficient (Wildman–Crippen LogP) is 9.97. The van der Waals surface area contributed by atoms with Crippen LogP contribution >= 0.6 is 0 Å². The molecule has 0 bridgehead atoms. The summed E-state index contributed by atoms with van der Waals surface area (Å²) in [5.74, 6) is -3.15. The van der Waals surface area contributed by atoms with Gasteiger partial charge < -0.3 is 14.2 Å². The fourth-order valence-corrected chi connectivity index (χ4v) is 7.39. The number of halogens is 5. The van der Waals surface area contributed by atoms with Crippen LogP contribution in [0.4, 0.5) is 22.0 Å². The minimum atomic E-state index is -3.58. The third-order valence-electron chi connectivity index (χ3n) is 9.99. The highest BCUT2D eigenvalue weighted by molar-refractivity contribution is 5.38. The van der Waals surface area contributed by atoms with Crippen molar-refractivity contribution in [3.63, 3.8) is 0 Å². The second kappa shape index (κ2) is 14.6. The standard InChI is InChI=1S/C35H42F5NO3/c1-2-3-4-5-22-20-42-34(43-21-22)26-12-15-29(31(36)16-26)25-8-6-23(7-9-25)24-10-13-27(14-11-24)35(39,40)44-28-17-32(37)30(19-41)33(38)18-28/h12,15-18,22-25,27,34H,2-11,13-14,20-21H2,1H3. The summed E-state index contributed by atoms with van der Waals surface area (Å²) in [5, 5.41) is 8.79. The summed E-state index contributed by atoms with van der Waals surface area (Å²) < 4.78 is 89.5. The molecule has 2 aromatic carbocycles. The summed E-state index contributed by atoms with van der Waals surface area (Å²) >= 11 is 0. The van der Waals surface area contributed by atoms with Gasteiger partial charge in [-0.3, -0.25) is 0 Å². The third kappa shape index (κ3) is 7.74. The molecule has 2 aromatic rings. The largest absolute Gasteiger partial charge is 0.432 e. The number of nitrogens with zero attached hydrogens (tertiary/aromatic N) is 1. The van der Waals surface area contributed by atoms with E-state index in [1.807, 2.05) is 12.1 Å². The molecule has 1 heterocycles. The molecule has 0 amide bonds. The van der Waals surface area contributed by atoms with Gasteiger partial charge >= 0.3 is 6.11 Å². The summed E-state index contributed by atoms with van der Waals surface area (Å²) in [6.45, 7) is 3.44. The van der Waals surface area contributed by atoms with Crippen LogP contribution in [0, 0.1) is 52.5 Å². The summed E-state index contributed by atoms with van der Waals surface area (Å²) in [6.07, 6.45) is 5.83. The van der Waals surface area contributed by atoms with E-state index >= 15 is 4.39 Å². The maximum atomic E-state index is 15.3. The Morgan fingerprint density at radius 2 is 1.45 bits per heavy atom. The molecule has 9 heteroatoms. The first kappa shape index (κ1) is 32.7. The molecule has 5 rings (SSSR count). The monoisotopic (exact) mass is 619 g/mol. The lowest BCUT2D eigenvalue weighted by Crippen LogP contribution is -2.38. The van der Waals surface area contributed by atoms with Gasteiger partial charge in [-0.1, -0.05) is 38.3 Å². The van der Waals surface area contributed by atoms with Crippen LogP contribution in [0.1, 0.15) is 113 Å². The van der Waals surface area contributed by atoms with Crippen LogP contribution in [0.15, 0.2) is 30.3 Å². The average Bonchev–Trinajstić information content (AvgIpc) is 3.01. The second-order valence-corrected chi connectivity index (χ2v) is 12.9. The fraction of sp³-hybridized carbons (Fsp3) is 0.629. The number of hydrogen-bond acceptors (Lipinski definition) is 4. The fourth-order valence-electron chi connectivity index (χ4n) is 7.39. The summed E-state index contributed by atoms with van der Waals surface area (Å²) in [7, 11) is 0. The maximum absolute atomic E-state index is 15.3. The van der Waals surface area contributed by atoms with Gasteiger partial charge in [0.25, 0.3) is 0 Å². The number of ether oxygens (including phenoxy) is 3. The van der Waals surface area contributed by atoms with Crippen molar-refractivity contribution in [1.29, 1.82) is 5.26 Å². The summed E-state index contributed by atoms with van der Waals surface area (Å²) in [4.78, 5) is 0. The highest BCUT2D eigenvalue weighted by atomic mass is 19.3. The van der Waals surface area contributed by atoms with Crippen molar-refractivity contribution in [2.24, 2.45) is 23.7 Å². The molecule has 2 saturated carbocycles. The average molecular weight is 620 g/mol. The lowest BCUT2D eigenvalue weighted by molar-refractivity contribution is -0.224. The molecule has 1 aliphatic heterocycles.